The highest BCUT2D eigenvalue weighted by atomic mass is 16.6. The molecule has 3 aromatic rings. The molecule has 7 N–H and O–H groups in total. The van der Waals surface area contributed by atoms with E-state index in [-0.39, 0.29) is 25.4 Å². The lowest BCUT2D eigenvalue weighted by Crippen LogP contribution is -2.43. The van der Waals surface area contributed by atoms with E-state index in [4.69, 9.17) is 20.3 Å². The fraction of sp³-hybridized carbons (Fsp3) is 0.562. The third kappa shape index (κ3) is 14.2. The average molecular weight is 660 g/mol. The molecule has 15 nitrogen and oxygen atoms in total. The van der Waals surface area contributed by atoms with Gasteiger partial charge in [-0.2, -0.15) is 0 Å². The van der Waals surface area contributed by atoms with Crippen LogP contribution in [0.4, 0.5) is 10.6 Å². The molecular formula is C32H49N7O8. The van der Waals surface area contributed by atoms with Crippen molar-refractivity contribution in [3.63, 3.8) is 0 Å². The van der Waals surface area contributed by atoms with Gasteiger partial charge in [0.2, 0.25) is 11.8 Å². The number of amides is 3. The molecule has 2 aromatic heterocycles. The van der Waals surface area contributed by atoms with Crippen LogP contribution in [0.5, 0.6) is 0 Å². The van der Waals surface area contributed by atoms with Gasteiger partial charge in [0.05, 0.1) is 29.7 Å². The Bertz CT molecular complexity index is 1510. The molecule has 0 aliphatic heterocycles. The topological polar surface area (TPSA) is 220 Å². The van der Waals surface area contributed by atoms with Crippen molar-refractivity contribution >= 4 is 51.6 Å². The molecule has 3 amide bonds. The second kappa shape index (κ2) is 18.0. The highest BCUT2D eigenvalue weighted by molar-refractivity contribution is 6.06. The zero-order valence-electron chi connectivity index (χ0n) is 28.1. The van der Waals surface area contributed by atoms with E-state index in [2.05, 4.69) is 25.9 Å². The molecule has 0 saturated carbocycles. The van der Waals surface area contributed by atoms with Crippen molar-refractivity contribution in [1.82, 2.24) is 30.5 Å². The van der Waals surface area contributed by atoms with Crippen molar-refractivity contribution in [2.75, 3.05) is 32.0 Å². The number of ether oxygens (including phenoxy) is 2. The van der Waals surface area contributed by atoms with Gasteiger partial charge in [0.1, 0.15) is 30.1 Å². The number of para-hydroxylation sites is 1. The summed E-state index contributed by atoms with van der Waals surface area (Å²) < 4.78 is 12.5. The first-order chi connectivity index (χ1) is 22.0. The molecule has 1 aromatic carbocycles. The largest absolute Gasteiger partial charge is 0.481 e. The molecule has 3 rings (SSSR count). The molecule has 0 bridgehead atoms. The molecule has 15 heteroatoms. The SMILES string of the molecule is CC(C)(C)OC(=O)NCC(=O)NCC(=O)NCCCCCC(=O)O.CCOCc1nc2c(N)nc3ccccc3c2n1CC(C)(C)O. The van der Waals surface area contributed by atoms with E-state index >= 15 is 0 Å². The number of aromatic nitrogens is 3. The zero-order valence-corrected chi connectivity index (χ0v) is 28.1. The Labute approximate surface area is 274 Å². The summed E-state index contributed by atoms with van der Waals surface area (Å²) in [7, 11) is 0. The Balaban J connectivity index is 0.000000327. The number of hydrogen-bond donors (Lipinski definition) is 6. The minimum Gasteiger partial charge on any atom is -0.481 e. The van der Waals surface area contributed by atoms with E-state index in [9.17, 15) is 24.3 Å². The quantitative estimate of drug-likeness (QED) is 0.130. The van der Waals surface area contributed by atoms with Crippen molar-refractivity contribution in [2.24, 2.45) is 0 Å². The second-order valence-corrected chi connectivity index (χ2v) is 12.5. The number of carbonyl (C=O) groups excluding carboxylic acids is 3. The van der Waals surface area contributed by atoms with E-state index in [0.717, 1.165) is 22.2 Å². The number of fused-ring (bicyclic) bond motifs is 3. The number of imidazole rings is 1. The molecular weight excluding hydrogens is 610 g/mol. The summed E-state index contributed by atoms with van der Waals surface area (Å²) in [5, 5.41) is 27.0. The summed E-state index contributed by atoms with van der Waals surface area (Å²) in [6, 6.07) is 7.81. The number of aliphatic carboxylic acids is 1. The number of carboxylic acids is 1. The van der Waals surface area contributed by atoms with Crippen LogP contribution in [0.1, 0.15) is 73.1 Å². The molecule has 47 heavy (non-hydrogen) atoms. The van der Waals surface area contributed by atoms with Gasteiger partial charge >= 0.3 is 12.1 Å². The first kappa shape index (κ1) is 38.7. The number of hydrogen-bond acceptors (Lipinski definition) is 10. The van der Waals surface area contributed by atoms with Gasteiger partial charge < -0.3 is 45.9 Å². The zero-order chi connectivity index (χ0) is 35.2. The fourth-order valence-electron chi connectivity index (χ4n) is 4.34. The maximum absolute atomic E-state index is 11.5. The predicted octanol–water partition coefficient (Wildman–Crippen LogP) is 2.86. The summed E-state index contributed by atoms with van der Waals surface area (Å²) in [4.78, 5) is 53.7. The summed E-state index contributed by atoms with van der Waals surface area (Å²) >= 11 is 0. The number of unbranched alkanes of at least 4 members (excludes halogenated alkanes) is 2. The number of pyridine rings is 1. The number of nitrogen functional groups attached to an aromatic ring is 1. The number of alkyl carbamates (subject to hydrolysis) is 1. The molecule has 0 aliphatic carbocycles. The van der Waals surface area contributed by atoms with E-state index in [1.165, 1.54) is 0 Å². The fourth-order valence-corrected chi connectivity index (χ4v) is 4.34. The van der Waals surface area contributed by atoms with Crippen LogP contribution in [0.3, 0.4) is 0 Å². The van der Waals surface area contributed by atoms with E-state index in [0.29, 0.717) is 56.9 Å². The standard InChI is InChI=1S/C17H22N4O2.C15H27N3O6/c1-4-23-9-13-20-14-15(21(13)10-17(2,3)22)11-7-5-6-8-12(11)19-16(14)18;1-15(2,3)24-14(23)18-10-12(20)17-9-11(19)16-8-6-4-5-7-13(21)22/h5-8,22H,4,9-10H2,1-3H3,(H2,18,19);4-10H2,1-3H3,(H,16,19)(H,17,20)(H,18,23)(H,21,22). The number of nitrogens with one attached hydrogen (secondary N) is 3. The lowest BCUT2D eigenvalue weighted by molar-refractivity contribution is -0.137. The van der Waals surface area contributed by atoms with Crippen LogP contribution in [-0.2, 0) is 37.0 Å². The molecule has 0 aliphatic rings. The first-order valence-electron chi connectivity index (χ1n) is 15.6. The van der Waals surface area contributed by atoms with Crippen LogP contribution in [-0.4, -0.2) is 86.1 Å². The normalized spacial score (nSPS) is 11.5. The molecule has 0 fully saturated rings. The van der Waals surface area contributed by atoms with Gasteiger partial charge in [0, 0.05) is 25.0 Å². The number of nitrogens with two attached hydrogens (primary N) is 1. The van der Waals surface area contributed by atoms with Gasteiger partial charge in [-0.1, -0.05) is 24.6 Å². The third-order valence-electron chi connectivity index (χ3n) is 6.30. The number of aliphatic hydroxyl groups is 1. The van der Waals surface area contributed by atoms with Crippen LogP contribution < -0.4 is 21.7 Å². The molecule has 0 atom stereocenters. The number of anilines is 1. The van der Waals surface area contributed by atoms with Crippen molar-refractivity contribution < 1.29 is 38.9 Å². The van der Waals surface area contributed by atoms with Crippen molar-refractivity contribution in [1.29, 1.82) is 0 Å². The Kier molecular flexibility index (Phi) is 14.8. The van der Waals surface area contributed by atoms with Crippen molar-refractivity contribution in [2.45, 2.75) is 91.6 Å². The highest BCUT2D eigenvalue weighted by Gasteiger charge is 2.22. The predicted molar refractivity (Wildman–Crippen MR) is 177 cm³/mol. The van der Waals surface area contributed by atoms with Crippen LogP contribution in [0.2, 0.25) is 0 Å². The summed E-state index contributed by atoms with van der Waals surface area (Å²) in [5.41, 5.74) is 6.94. The maximum Gasteiger partial charge on any atom is 0.408 e. The first-order valence-corrected chi connectivity index (χ1v) is 15.6. The van der Waals surface area contributed by atoms with E-state index in [1.807, 2.05) is 35.8 Å². The minimum absolute atomic E-state index is 0.120. The van der Waals surface area contributed by atoms with E-state index in [1.54, 1.807) is 34.6 Å². The third-order valence-corrected chi connectivity index (χ3v) is 6.30. The summed E-state index contributed by atoms with van der Waals surface area (Å²) in [5.74, 6) is -0.544. The van der Waals surface area contributed by atoms with Gasteiger partial charge in [0.15, 0.2) is 5.82 Å². The second-order valence-electron chi connectivity index (χ2n) is 12.5. The lowest BCUT2D eigenvalue weighted by Gasteiger charge is -2.20. The van der Waals surface area contributed by atoms with Gasteiger partial charge in [-0.3, -0.25) is 14.4 Å². The van der Waals surface area contributed by atoms with Crippen molar-refractivity contribution in [3.8, 4) is 0 Å². The van der Waals surface area contributed by atoms with Gasteiger partial charge in [-0.05, 0) is 60.5 Å². The van der Waals surface area contributed by atoms with Gasteiger partial charge in [-0.15, -0.1) is 0 Å². The molecule has 0 saturated heterocycles. The minimum atomic E-state index is -0.881. The molecule has 0 radical (unpaired) electrons. The summed E-state index contributed by atoms with van der Waals surface area (Å²) in [6.07, 6.45) is 1.36. The lowest BCUT2D eigenvalue weighted by atomic mass is 10.1. The number of carboxylic acid groups (broad SMARTS) is 1. The maximum atomic E-state index is 11.5. The van der Waals surface area contributed by atoms with Crippen LogP contribution in [0, 0.1) is 0 Å². The number of benzene rings is 1. The van der Waals surface area contributed by atoms with Gasteiger partial charge in [-0.25, -0.2) is 14.8 Å². The van der Waals surface area contributed by atoms with Crippen LogP contribution in [0.15, 0.2) is 24.3 Å². The molecule has 0 spiro atoms. The monoisotopic (exact) mass is 659 g/mol. The van der Waals surface area contributed by atoms with Crippen molar-refractivity contribution in [3.05, 3.63) is 30.1 Å². The summed E-state index contributed by atoms with van der Waals surface area (Å²) in [6.45, 7) is 11.9. The van der Waals surface area contributed by atoms with Gasteiger partial charge in [0.25, 0.3) is 0 Å². The Morgan fingerprint density at radius 1 is 0.936 bits per heavy atom. The Morgan fingerprint density at radius 3 is 2.23 bits per heavy atom. The smallest absolute Gasteiger partial charge is 0.408 e. The number of rotatable bonds is 15. The van der Waals surface area contributed by atoms with E-state index < -0.39 is 29.2 Å². The molecule has 260 valence electrons. The number of carbonyl (C=O) groups is 4. The average Bonchev–Trinajstić information content (AvgIpc) is 3.32. The molecule has 2 heterocycles. The Morgan fingerprint density at radius 2 is 1.60 bits per heavy atom. The van der Waals surface area contributed by atoms with Crippen LogP contribution in [0.25, 0.3) is 21.9 Å². The van der Waals surface area contributed by atoms with Crippen LogP contribution >= 0.6 is 0 Å². The Hall–Kier alpha value is -4.50. The highest BCUT2D eigenvalue weighted by Crippen LogP contribution is 2.30. The molecule has 0 unspecified atom stereocenters. The number of nitrogens with zero attached hydrogens (tertiary/aromatic N) is 3.